The van der Waals surface area contributed by atoms with Crippen LogP contribution in [0.25, 0.3) is 11.0 Å². The number of aliphatic imine (C=N–C) groups is 1. The summed E-state index contributed by atoms with van der Waals surface area (Å²) in [6.45, 7) is 6.89. The van der Waals surface area contributed by atoms with E-state index in [1.165, 1.54) is 4.57 Å². The lowest BCUT2D eigenvalue weighted by atomic mass is 10.2. The molecule has 2 heterocycles. The number of benzene rings is 1. The average Bonchev–Trinajstić information content (AvgIpc) is 3.19. The standard InChI is InChI=1S/C24H31F2N5O3/c1-3-5-7-8-19(34-20(32)16-30-10-12-33-13-11-30)28-24-29-22-18(25)14-17(15-27)21(26)23(22)31(24)9-6-4-2/h14H,3-13,16H2,1-2H3/b28-19-. The molecule has 1 fully saturated rings. The lowest BCUT2D eigenvalue weighted by Gasteiger charge is -2.25. The summed E-state index contributed by atoms with van der Waals surface area (Å²) < 4.78 is 42.0. The van der Waals surface area contributed by atoms with Gasteiger partial charge in [0.1, 0.15) is 17.1 Å². The molecular weight excluding hydrogens is 444 g/mol. The van der Waals surface area contributed by atoms with Crippen LogP contribution in [0.1, 0.15) is 57.9 Å². The highest BCUT2D eigenvalue weighted by molar-refractivity contribution is 5.91. The number of hydrogen-bond acceptors (Lipinski definition) is 7. The van der Waals surface area contributed by atoms with Crippen molar-refractivity contribution in [2.45, 2.75) is 58.9 Å². The quantitative estimate of drug-likeness (QED) is 0.218. The number of halogens is 2. The van der Waals surface area contributed by atoms with Crippen LogP contribution in [0.4, 0.5) is 14.7 Å². The molecule has 0 aliphatic carbocycles. The van der Waals surface area contributed by atoms with Gasteiger partial charge in [0.25, 0.3) is 0 Å². The number of morpholine rings is 1. The van der Waals surface area contributed by atoms with Gasteiger partial charge in [-0.25, -0.2) is 13.8 Å². The number of carbonyl (C=O) groups excluding carboxylic acids is 1. The minimum Gasteiger partial charge on any atom is -0.410 e. The van der Waals surface area contributed by atoms with Gasteiger partial charge in [-0.1, -0.05) is 33.1 Å². The third-order valence-electron chi connectivity index (χ3n) is 5.65. The molecule has 10 heteroatoms. The molecule has 0 unspecified atom stereocenters. The van der Waals surface area contributed by atoms with E-state index in [-0.39, 0.29) is 29.4 Å². The second kappa shape index (κ2) is 12.5. The molecule has 1 aromatic heterocycles. The normalized spacial score (nSPS) is 15.0. The average molecular weight is 476 g/mol. The molecule has 2 aromatic rings. The van der Waals surface area contributed by atoms with E-state index in [9.17, 15) is 14.4 Å². The summed E-state index contributed by atoms with van der Waals surface area (Å²) >= 11 is 0. The summed E-state index contributed by atoms with van der Waals surface area (Å²) in [6.07, 6.45) is 4.51. The van der Waals surface area contributed by atoms with Crippen LogP contribution in [0.2, 0.25) is 0 Å². The SMILES string of the molecule is CCCCC/C(=N/c1nc2c(F)cc(C#N)c(F)c2n1CCCC)OC(=O)CN1CCOCC1. The maximum absolute atomic E-state index is 15.0. The van der Waals surface area contributed by atoms with Gasteiger partial charge < -0.3 is 14.0 Å². The van der Waals surface area contributed by atoms with Crippen molar-refractivity contribution in [3.8, 4) is 6.07 Å². The largest absolute Gasteiger partial charge is 0.410 e. The van der Waals surface area contributed by atoms with E-state index in [1.54, 1.807) is 6.07 Å². The van der Waals surface area contributed by atoms with Gasteiger partial charge >= 0.3 is 5.97 Å². The fourth-order valence-corrected chi connectivity index (χ4v) is 3.78. The van der Waals surface area contributed by atoms with Crippen LogP contribution in [0, 0.1) is 23.0 Å². The van der Waals surface area contributed by atoms with Crippen molar-refractivity contribution >= 4 is 28.8 Å². The van der Waals surface area contributed by atoms with E-state index in [0.29, 0.717) is 45.7 Å². The van der Waals surface area contributed by atoms with E-state index < -0.39 is 23.2 Å². The monoisotopic (exact) mass is 475 g/mol. The van der Waals surface area contributed by atoms with E-state index >= 15 is 4.39 Å². The molecule has 8 nitrogen and oxygen atoms in total. The number of nitriles is 1. The smallest absolute Gasteiger partial charge is 0.326 e. The van der Waals surface area contributed by atoms with Crippen molar-refractivity contribution in [1.82, 2.24) is 14.5 Å². The number of carbonyl (C=O) groups is 1. The number of aryl methyl sites for hydroxylation is 1. The Morgan fingerprint density at radius 2 is 1.97 bits per heavy atom. The molecule has 0 spiro atoms. The van der Waals surface area contributed by atoms with Crippen molar-refractivity contribution in [2.24, 2.45) is 4.99 Å². The minimum atomic E-state index is -0.833. The second-order valence-electron chi connectivity index (χ2n) is 8.27. The van der Waals surface area contributed by atoms with Crippen LogP contribution >= 0.6 is 0 Å². The van der Waals surface area contributed by atoms with Gasteiger partial charge in [0.2, 0.25) is 11.8 Å². The molecule has 34 heavy (non-hydrogen) atoms. The molecule has 0 radical (unpaired) electrons. The van der Waals surface area contributed by atoms with Crippen LogP contribution < -0.4 is 0 Å². The van der Waals surface area contributed by atoms with E-state index in [4.69, 9.17) is 9.47 Å². The highest BCUT2D eigenvalue weighted by Crippen LogP contribution is 2.29. The van der Waals surface area contributed by atoms with Gasteiger partial charge in [-0.3, -0.25) is 9.69 Å². The number of aromatic nitrogens is 2. The molecule has 1 aliphatic rings. The first-order valence-electron chi connectivity index (χ1n) is 11.8. The first-order chi connectivity index (χ1) is 16.5. The lowest BCUT2D eigenvalue weighted by Crippen LogP contribution is -2.40. The van der Waals surface area contributed by atoms with Gasteiger partial charge in [-0.05, 0) is 18.9 Å². The number of esters is 1. The zero-order valence-electron chi connectivity index (χ0n) is 19.8. The molecule has 0 bridgehead atoms. The molecule has 0 atom stereocenters. The second-order valence-corrected chi connectivity index (χ2v) is 8.27. The van der Waals surface area contributed by atoms with E-state index in [2.05, 4.69) is 16.9 Å². The maximum atomic E-state index is 15.0. The van der Waals surface area contributed by atoms with Gasteiger partial charge in [0.05, 0.1) is 25.3 Å². The highest BCUT2D eigenvalue weighted by Gasteiger charge is 2.22. The first-order valence-corrected chi connectivity index (χ1v) is 11.8. The highest BCUT2D eigenvalue weighted by atomic mass is 19.1. The summed E-state index contributed by atoms with van der Waals surface area (Å²) in [4.78, 5) is 23.2. The first kappa shape index (κ1) is 25.7. The number of nitrogens with zero attached hydrogens (tertiary/aromatic N) is 5. The third kappa shape index (κ3) is 6.36. The maximum Gasteiger partial charge on any atom is 0.326 e. The zero-order valence-corrected chi connectivity index (χ0v) is 19.8. The van der Waals surface area contributed by atoms with E-state index in [1.807, 2.05) is 11.8 Å². The summed E-state index contributed by atoms with van der Waals surface area (Å²) in [6, 6.07) is 2.53. The minimum absolute atomic E-state index is 0.0574. The van der Waals surface area contributed by atoms with Crippen molar-refractivity contribution in [3.05, 3.63) is 23.3 Å². The van der Waals surface area contributed by atoms with Gasteiger partial charge in [0.15, 0.2) is 11.6 Å². The third-order valence-corrected chi connectivity index (χ3v) is 5.65. The summed E-state index contributed by atoms with van der Waals surface area (Å²) in [5, 5.41) is 9.19. The number of hydrogen-bond donors (Lipinski definition) is 0. The molecule has 0 saturated carbocycles. The molecule has 3 rings (SSSR count). The fraction of sp³-hybridized carbons (Fsp3) is 0.583. The van der Waals surface area contributed by atoms with Crippen molar-refractivity contribution in [2.75, 3.05) is 32.8 Å². The molecule has 184 valence electrons. The van der Waals surface area contributed by atoms with Crippen LogP contribution in [-0.2, 0) is 20.8 Å². The number of rotatable bonds is 10. The van der Waals surface area contributed by atoms with Crippen molar-refractivity contribution in [1.29, 1.82) is 5.26 Å². The summed E-state index contributed by atoms with van der Waals surface area (Å²) in [7, 11) is 0. The van der Waals surface area contributed by atoms with Crippen molar-refractivity contribution in [3.63, 3.8) is 0 Å². The summed E-state index contributed by atoms with van der Waals surface area (Å²) in [5.74, 6) is -1.85. The van der Waals surface area contributed by atoms with Crippen LogP contribution in [0.15, 0.2) is 11.1 Å². The zero-order chi connectivity index (χ0) is 24.5. The number of ether oxygens (including phenoxy) is 2. The van der Waals surface area contributed by atoms with Crippen LogP contribution in [0.3, 0.4) is 0 Å². The Morgan fingerprint density at radius 1 is 1.24 bits per heavy atom. The van der Waals surface area contributed by atoms with Gasteiger partial charge in [-0.15, -0.1) is 0 Å². The predicted molar refractivity (Wildman–Crippen MR) is 124 cm³/mol. The van der Waals surface area contributed by atoms with Gasteiger partial charge in [0, 0.05) is 26.1 Å². The molecular formula is C24H31F2N5O3. The fourth-order valence-electron chi connectivity index (χ4n) is 3.78. The molecule has 1 aliphatic heterocycles. The predicted octanol–water partition coefficient (Wildman–Crippen LogP) is 4.47. The van der Waals surface area contributed by atoms with Gasteiger partial charge in [-0.2, -0.15) is 10.3 Å². The van der Waals surface area contributed by atoms with Crippen LogP contribution in [-0.4, -0.2) is 59.2 Å². The Balaban J connectivity index is 1.97. The Labute approximate surface area is 198 Å². The molecule has 0 amide bonds. The Hall–Kier alpha value is -2.90. The Morgan fingerprint density at radius 3 is 2.65 bits per heavy atom. The van der Waals surface area contributed by atoms with E-state index in [0.717, 1.165) is 31.7 Å². The Bertz CT molecular complexity index is 1070. The molecule has 0 N–H and O–H groups in total. The number of unbranched alkanes of at least 4 members (excludes halogenated alkanes) is 3. The number of fused-ring (bicyclic) bond motifs is 1. The number of imidazole rings is 1. The van der Waals surface area contributed by atoms with Crippen LogP contribution in [0.5, 0.6) is 0 Å². The molecule has 1 saturated heterocycles. The molecule has 1 aromatic carbocycles. The summed E-state index contributed by atoms with van der Waals surface area (Å²) in [5.41, 5.74) is -0.687. The van der Waals surface area contributed by atoms with Crippen molar-refractivity contribution < 1.29 is 23.0 Å². The topological polar surface area (TPSA) is 92.7 Å². The Kier molecular flexibility index (Phi) is 9.48. The lowest BCUT2D eigenvalue weighted by molar-refractivity contribution is -0.138.